The molecule has 9 nitrogen and oxygen atoms in total. The van der Waals surface area contributed by atoms with Gasteiger partial charge >= 0.3 is 21.7 Å². The molecule has 0 aromatic carbocycles. The van der Waals surface area contributed by atoms with Gasteiger partial charge in [0.15, 0.2) is 0 Å². The van der Waals surface area contributed by atoms with Crippen molar-refractivity contribution in [1.82, 2.24) is 0 Å². The van der Waals surface area contributed by atoms with Crippen LogP contribution in [0.15, 0.2) is 0 Å². The molecule has 0 bridgehead atoms. The first kappa shape index (κ1) is 31.0. The van der Waals surface area contributed by atoms with Crippen LogP contribution in [0.2, 0.25) is 0 Å². The van der Waals surface area contributed by atoms with Crippen molar-refractivity contribution >= 4 is 35.3 Å². The number of hydrogen-bond acceptors (Lipinski definition) is 9. The van der Waals surface area contributed by atoms with E-state index in [0.717, 1.165) is 0 Å². The van der Waals surface area contributed by atoms with Gasteiger partial charge in [-0.3, -0.25) is 14.4 Å². The topological polar surface area (TPSA) is 172 Å². The van der Waals surface area contributed by atoms with Crippen molar-refractivity contribution < 1.29 is 65.8 Å². The van der Waals surface area contributed by atoms with Gasteiger partial charge in [0.2, 0.25) is 0 Å². The zero-order valence-electron chi connectivity index (χ0n) is 14.9. The maximum absolute atomic E-state index is 10.2. The maximum Gasteiger partial charge on any atom is 3.00 e. The van der Waals surface area contributed by atoms with E-state index in [0.29, 0.717) is 0 Å². The van der Waals surface area contributed by atoms with Crippen LogP contribution in [0, 0.1) is 17.8 Å². The van der Waals surface area contributed by atoms with Crippen LogP contribution in [0.3, 0.4) is 0 Å². The Bertz CT molecular complexity index is 386. The Balaban J connectivity index is -0.000000130. The molecule has 0 fully saturated rings. The van der Waals surface area contributed by atoms with Crippen molar-refractivity contribution in [2.45, 2.75) is 41.5 Å². The number of carboxylic acid groups (broad SMARTS) is 3. The summed E-state index contributed by atoms with van der Waals surface area (Å²) < 4.78 is 0. The van der Waals surface area contributed by atoms with Crippen LogP contribution < -0.4 is 15.3 Å². The largest absolute Gasteiger partial charge is 3.00 e. The summed E-state index contributed by atoms with van der Waals surface area (Å²) in [7, 11) is 0. The number of Topliss-reactive ketones (excluding diaryl/α,β-unsaturated/α-hetero) is 3. The molecule has 0 aliphatic rings. The van der Waals surface area contributed by atoms with E-state index in [2.05, 4.69) is 0 Å². The molecule has 0 saturated heterocycles. The molecule has 25 heavy (non-hydrogen) atoms. The molecule has 0 heterocycles. The molecule has 0 spiro atoms. The number of hydrogen-bond donors (Lipinski definition) is 0. The SMILES string of the molecule is CC(=O)C(C)C(=O)[O-].CC(=O)C(C)C(=O)[O-].CC(=O)C(C)C(=O)[O-].[Ti+3]. The summed E-state index contributed by atoms with van der Waals surface area (Å²) >= 11 is 0. The Morgan fingerprint density at radius 2 is 0.640 bits per heavy atom. The Hall–Kier alpha value is -1.87. The van der Waals surface area contributed by atoms with Crippen LogP contribution in [-0.4, -0.2) is 35.3 Å². The van der Waals surface area contributed by atoms with Crippen LogP contribution in [-0.2, 0) is 50.5 Å². The van der Waals surface area contributed by atoms with E-state index >= 15 is 0 Å². The monoisotopic (exact) mass is 393 g/mol. The van der Waals surface area contributed by atoms with Crippen molar-refractivity contribution in [1.29, 1.82) is 0 Å². The van der Waals surface area contributed by atoms with Crippen LogP contribution >= 0.6 is 0 Å². The van der Waals surface area contributed by atoms with E-state index in [1.807, 2.05) is 0 Å². The molecule has 3 unspecified atom stereocenters. The fourth-order valence-electron chi connectivity index (χ4n) is 0.498. The quantitative estimate of drug-likeness (QED) is 0.334. The van der Waals surface area contributed by atoms with Crippen molar-refractivity contribution in [3.05, 3.63) is 0 Å². The van der Waals surface area contributed by atoms with Crippen LogP contribution in [0.4, 0.5) is 0 Å². The Morgan fingerprint density at radius 1 is 0.520 bits per heavy atom. The minimum Gasteiger partial charge on any atom is -0.549 e. The van der Waals surface area contributed by atoms with Gasteiger partial charge in [-0.2, -0.15) is 0 Å². The maximum atomic E-state index is 10.2. The molecule has 0 aromatic rings. The number of carbonyl (C=O) groups excluding carboxylic acids is 6. The van der Waals surface area contributed by atoms with Crippen molar-refractivity contribution in [3.63, 3.8) is 0 Å². The zero-order chi connectivity index (χ0) is 20.2. The predicted octanol–water partition coefficient (Wildman–Crippen LogP) is -3.12. The predicted molar refractivity (Wildman–Crippen MR) is 74.6 cm³/mol. The molecule has 3 atom stereocenters. The van der Waals surface area contributed by atoms with Gasteiger partial charge in [-0.1, -0.05) is 20.8 Å². The fourth-order valence-corrected chi connectivity index (χ4v) is 0.498. The second-order valence-corrected chi connectivity index (χ2v) is 4.95. The number of carboxylic acids is 3. The summed E-state index contributed by atoms with van der Waals surface area (Å²) in [6, 6.07) is 0. The molecule has 0 saturated carbocycles. The van der Waals surface area contributed by atoms with Crippen LogP contribution in [0.5, 0.6) is 0 Å². The van der Waals surface area contributed by atoms with E-state index in [-0.39, 0.29) is 39.1 Å². The Morgan fingerprint density at radius 3 is 0.640 bits per heavy atom. The number of aliphatic carboxylic acids is 3. The van der Waals surface area contributed by atoms with Gasteiger partial charge in [0.05, 0.1) is 35.7 Å². The van der Waals surface area contributed by atoms with Gasteiger partial charge < -0.3 is 29.7 Å². The first-order valence-corrected chi connectivity index (χ1v) is 6.80. The van der Waals surface area contributed by atoms with Crippen molar-refractivity contribution in [2.75, 3.05) is 0 Å². The number of carbonyl (C=O) groups is 6. The minimum atomic E-state index is -1.31. The van der Waals surface area contributed by atoms with Crippen LogP contribution in [0.1, 0.15) is 41.5 Å². The molecule has 0 aromatic heterocycles. The molecule has 10 heteroatoms. The first-order valence-electron chi connectivity index (χ1n) is 6.80. The summed E-state index contributed by atoms with van der Waals surface area (Å²) in [6.07, 6.45) is 0. The molecule has 0 aliphatic carbocycles. The molecule has 0 N–H and O–H groups in total. The smallest absolute Gasteiger partial charge is 0.549 e. The van der Waals surface area contributed by atoms with E-state index in [9.17, 15) is 44.1 Å². The fraction of sp³-hybridized carbons (Fsp3) is 0.600. The summed E-state index contributed by atoms with van der Waals surface area (Å²) in [5.41, 5.74) is 0. The van der Waals surface area contributed by atoms with Gasteiger partial charge in [0.1, 0.15) is 17.3 Å². The second-order valence-electron chi connectivity index (χ2n) is 4.95. The summed E-state index contributed by atoms with van der Waals surface area (Å²) in [5, 5.41) is 29.4. The third-order valence-corrected chi connectivity index (χ3v) is 2.89. The van der Waals surface area contributed by atoms with Gasteiger partial charge in [0.25, 0.3) is 0 Å². The summed E-state index contributed by atoms with van der Waals surface area (Å²) in [4.78, 5) is 59.9. The van der Waals surface area contributed by atoms with Crippen LogP contribution in [0.25, 0.3) is 0 Å². The normalized spacial score (nSPS) is 12.2. The van der Waals surface area contributed by atoms with Crippen molar-refractivity contribution in [3.8, 4) is 0 Å². The van der Waals surface area contributed by atoms with Gasteiger partial charge in [-0.05, 0) is 20.8 Å². The average Bonchev–Trinajstić information content (AvgIpc) is 2.45. The molecule has 0 rings (SSSR count). The summed E-state index contributed by atoms with van der Waals surface area (Å²) in [5.74, 6) is -7.92. The second kappa shape index (κ2) is 15.6. The zero-order valence-corrected chi connectivity index (χ0v) is 16.5. The van der Waals surface area contributed by atoms with E-state index in [4.69, 9.17) is 0 Å². The number of rotatable bonds is 6. The minimum absolute atomic E-state index is 0. The Labute approximate surface area is 160 Å². The Kier molecular flexibility index (Phi) is 19.4. The molecular formula is C15H21O9Ti. The van der Waals surface area contributed by atoms with Gasteiger partial charge in [-0.15, -0.1) is 0 Å². The van der Waals surface area contributed by atoms with E-state index < -0.39 is 35.7 Å². The first-order chi connectivity index (χ1) is 10.7. The standard InChI is InChI=1S/3C5H8O3.Ti/c3*1-3(4(2)6)5(7)8;/h3*3H,1-2H3,(H,7,8);/q;;;+3/p-3. The number of ketones is 3. The van der Waals surface area contributed by atoms with Gasteiger partial charge in [0, 0.05) is 0 Å². The molecular weight excluding hydrogens is 372 g/mol. The third kappa shape index (κ3) is 18.3. The third-order valence-electron chi connectivity index (χ3n) is 2.89. The van der Waals surface area contributed by atoms with E-state index in [1.165, 1.54) is 41.5 Å². The molecule has 1 radical (unpaired) electrons. The average molecular weight is 393 g/mol. The molecule has 139 valence electrons. The van der Waals surface area contributed by atoms with E-state index in [1.54, 1.807) is 0 Å². The molecule has 0 aliphatic heterocycles. The molecule has 0 amide bonds. The summed E-state index contributed by atoms with van der Waals surface area (Å²) in [6.45, 7) is 7.58. The van der Waals surface area contributed by atoms with Gasteiger partial charge in [-0.25, -0.2) is 0 Å². The van der Waals surface area contributed by atoms with Crippen molar-refractivity contribution in [2.24, 2.45) is 17.8 Å².